The summed E-state index contributed by atoms with van der Waals surface area (Å²) in [5, 5.41) is 6.17. The van der Waals surface area contributed by atoms with E-state index in [0.717, 1.165) is 10.9 Å². The second kappa shape index (κ2) is 5.70. The second-order valence-electron chi connectivity index (χ2n) is 8.71. The first kappa shape index (κ1) is 17.2. The van der Waals surface area contributed by atoms with Crippen LogP contribution in [0.2, 0.25) is 0 Å². The Morgan fingerprint density at radius 3 is 2.53 bits per heavy atom. The molecule has 0 N–H and O–H groups in total. The molecule has 0 atom stereocenters. The molecule has 0 unspecified atom stereocenters. The van der Waals surface area contributed by atoms with Crippen molar-refractivity contribution >= 4 is 54.7 Å². The molecular weight excluding hydrogens is 366 g/mol. The van der Waals surface area contributed by atoms with Crippen LogP contribution < -0.4 is 4.57 Å². The Bertz CT molecular complexity index is 1690. The molecule has 0 amide bonds. The highest BCUT2D eigenvalue weighted by atomic mass is 15.0. The molecule has 0 bridgehead atoms. The molecule has 0 spiro atoms. The van der Waals surface area contributed by atoms with Gasteiger partial charge in [0.15, 0.2) is 6.20 Å². The molecule has 144 valence electrons. The quantitative estimate of drug-likeness (QED) is 0.127. The number of rotatable bonds is 1. The van der Waals surface area contributed by atoms with E-state index >= 15 is 0 Å². The van der Waals surface area contributed by atoms with Gasteiger partial charge in [0.05, 0.1) is 33.9 Å². The SMILES string of the molecule is [C-]#[N+]c1cccc2c3ccc(C)c4c3n(c3cc(C(C)C)cc5cc[n+](C)c4c53)c12. The van der Waals surface area contributed by atoms with Crippen molar-refractivity contribution < 1.29 is 4.57 Å². The molecule has 0 fully saturated rings. The van der Waals surface area contributed by atoms with Crippen molar-refractivity contribution in [1.82, 2.24) is 4.40 Å². The van der Waals surface area contributed by atoms with E-state index in [0.29, 0.717) is 11.6 Å². The van der Waals surface area contributed by atoms with Gasteiger partial charge in [0.2, 0.25) is 11.2 Å². The number of pyridine rings is 2. The molecule has 3 aromatic heterocycles. The minimum absolute atomic E-state index is 0.430. The number of hydrogen-bond acceptors (Lipinski definition) is 0. The predicted molar refractivity (Wildman–Crippen MR) is 125 cm³/mol. The van der Waals surface area contributed by atoms with Crippen LogP contribution in [-0.4, -0.2) is 4.40 Å². The fraction of sp³-hybridized carbons (Fsp3) is 0.185. The van der Waals surface area contributed by atoms with Gasteiger partial charge in [-0.3, -0.25) is 0 Å². The van der Waals surface area contributed by atoms with E-state index in [4.69, 9.17) is 6.57 Å². The van der Waals surface area contributed by atoms with Crippen LogP contribution in [0.3, 0.4) is 0 Å². The zero-order chi connectivity index (χ0) is 20.7. The zero-order valence-corrected chi connectivity index (χ0v) is 17.6. The van der Waals surface area contributed by atoms with Crippen LogP contribution in [0.4, 0.5) is 5.69 Å². The highest BCUT2D eigenvalue weighted by molar-refractivity contribution is 6.27. The third-order valence-electron chi connectivity index (χ3n) is 6.64. The van der Waals surface area contributed by atoms with Crippen molar-refractivity contribution in [3.05, 3.63) is 77.3 Å². The number of nitrogens with zero attached hydrogens (tertiary/aromatic N) is 3. The largest absolute Gasteiger partial charge is 0.317 e. The Hall–Kier alpha value is -3.64. The van der Waals surface area contributed by atoms with Gasteiger partial charge in [-0.25, -0.2) is 9.41 Å². The molecular formula is C27H22N3+. The van der Waals surface area contributed by atoms with Crippen LogP contribution in [0.1, 0.15) is 30.9 Å². The molecule has 6 aromatic rings. The molecule has 3 nitrogen and oxygen atoms in total. The lowest BCUT2D eigenvalue weighted by molar-refractivity contribution is -0.643. The molecule has 6 rings (SSSR count). The summed E-state index contributed by atoms with van der Waals surface area (Å²) < 4.78 is 4.61. The van der Waals surface area contributed by atoms with Gasteiger partial charge in [-0.05, 0) is 40.8 Å². The highest BCUT2D eigenvalue weighted by Crippen LogP contribution is 2.43. The Morgan fingerprint density at radius 2 is 1.77 bits per heavy atom. The smallest absolute Gasteiger partial charge is 0.224 e. The van der Waals surface area contributed by atoms with E-state index < -0.39 is 0 Å². The van der Waals surface area contributed by atoms with E-state index in [-0.39, 0.29) is 0 Å². The molecule has 3 heterocycles. The topological polar surface area (TPSA) is 12.6 Å². The zero-order valence-electron chi connectivity index (χ0n) is 17.6. The molecule has 0 aliphatic carbocycles. The summed E-state index contributed by atoms with van der Waals surface area (Å²) in [7, 11) is 2.13. The number of fused-ring (bicyclic) bond motifs is 5. The number of hydrogen-bond donors (Lipinski definition) is 0. The van der Waals surface area contributed by atoms with Gasteiger partial charge >= 0.3 is 0 Å². The summed E-state index contributed by atoms with van der Waals surface area (Å²) in [5.41, 5.74) is 7.99. The minimum Gasteiger partial charge on any atom is -0.317 e. The molecule has 3 heteroatoms. The number of benzene rings is 3. The summed E-state index contributed by atoms with van der Waals surface area (Å²) in [6, 6.07) is 17.4. The molecule has 0 aliphatic heterocycles. The normalized spacial score (nSPS) is 12.3. The van der Waals surface area contributed by atoms with Crippen LogP contribution in [0.5, 0.6) is 0 Å². The van der Waals surface area contributed by atoms with Crippen molar-refractivity contribution in [1.29, 1.82) is 0 Å². The Kier molecular flexibility index (Phi) is 3.28. The average Bonchev–Trinajstić information content (AvgIpc) is 3.09. The molecule has 30 heavy (non-hydrogen) atoms. The Balaban J connectivity index is 2.11. The van der Waals surface area contributed by atoms with Gasteiger partial charge in [0.25, 0.3) is 0 Å². The van der Waals surface area contributed by atoms with Crippen LogP contribution >= 0.6 is 0 Å². The van der Waals surface area contributed by atoms with Crippen molar-refractivity contribution in [2.45, 2.75) is 26.7 Å². The standard InChI is InChI=1S/C27H22N3/c1-15(2)18-13-17-11-12-29(5)27-23-16(3)9-10-20-19-7-6-8-21(28-4)25(19)30(26(20)23)22(14-18)24(17)27/h6-15H,1-3,5H3/q+1. The van der Waals surface area contributed by atoms with E-state index in [1.54, 1.807) is 0 Å². The number of aryl methyl sites for hydroxylation is 2. The van der Waals surface area contributed by atoms with E-state index in [9.17, 15) is 0 Å². The average molecular weight is 388 g/mol. The lowest BCUT2D eigenvalue weighted by atomic mass is 9.95. The summed E-state index contributed by atoms with van der Waals surface area (Å²) in [6.07, 6.45) is 2.17. The van der Waals surface area contributed by atoms with Crippen LogP contribution in [0, 0.1) is 13.5 Å². The Morgan fingerprint density at radius 1 is 0.967 bits per heavy atom. The summed E-state index contributed by atoms with van der Waals surface area (Å²) >= 11 is 0. The van der Waals surface area contributed by atoms with Gasteiger partial charge in [-0.1, -0.05) is 50.2 Å². The molecule has 0 saturated carbocycles. The first-order valence-corrected chi connectivity index (χ1v) is 10.4. The Labute approximate surface area is 174 Å². The van der Waals surface area contributed by atoms with Crippen LogP contribution in [0.15, 0.2) is 54.7 Å². The second-order valence-corrected chi connectivity index (χ2v) is 8.71. The first-order chi connectivity index (χ1) is 14.5. The third kappa shape index (κ3) is 1.96. The lowest BCUT2D eigenvalue weighted by Crippen LogP contribution is -2.29. The van der Waals surface area contributed by atoms with Crippen molar-refractivity contribution in [3.8, 4) is 0 Å². The maximum atomic E-state index is 7.83. The molecule has 3 aromatic carbocycles. The maximum Gasteiger partial charge on any atom is 0.224 e. The summed E-state index contributed by atoms with van der Waals surface area (Å²) in [6.45, 7) is 14.5. The molecule has 0 aliphatic rings. The summed E-state index contributed by atoms with van der Waals surface area (Å²) in [5.74, 6) is 0.430. The fourth-order valence-electron chi connectivity index (χ4n) is 5.18. The molecule has 0 saturated heterocycles. The van der Waals surface area contributed by atoms with Crippen LogP contribution in [-0.2, 0) is 7.05 Å². The summed E-state index contributed by atoms with van der Waals surface area (Å²) in [4.78, 5) is 3.90. The number of aromatic nitrogens is 2. The van der Waals surface area contributed by atoms with Gasteiger partial charge in [0.1, 0.15) is 7.05 Å². The van der Waals surface area contributed by atoms with Gasteiger partial charge in [0, 0.05) is 11.5 Å². The van der Waals surface area contributed by atoms with Gasteiger partial charge < -0.3 is 4.40 Å². The fourth-order valence-corrected chi connectivity index (χ4v) is 5.18. The molecule has 0 radical (unpaired) electrons. The van der Waals surface area contributed by atoms with Crippen molar-refractivity contribution in [2.75, 3.05) is 0 Å². The van der Waals surface area contributed by atoms with Crippen molar-refractivity contribution in [2.24, 2.45) is 7.05 Å². The predicted octanol–water partition coefficient (Wildman–Crippen LogP) is 6.80. The third-order valence-corrected chi connectivity index (χ3v) is 6.64. The van der Waals surface area contributed by atoms with E-state index in [2.05, 4.69) is 84.2 Å². The van der Waals surface area contributed by atoms with Crippen LogP contribution in [0.25, 0.3) is 53.8 Å². The highest BCUT2D eigenvalue weighted by Gasteiger charge is 2.25. The van der Waals surface area contributed by atoms with Gasteiger partial charge in [-0.2, -0.15) is 0 Å². The number of para-hydroxylation sites is 1. The first-order valence-electron chi connectivity index (χ1n) is 10.4. The van der Waals surface area contributed by atoms with Crippen molar-refractivity contribution in [3.63, 3.8) is 0 Å². The minimum atomic E-state index is 0.430. The van der Waals surface area contributed by atoms with E-state index in [1.807, 2.05) is 12.1 Å². The maximum absolute atomic E-state index is 7.83. The lowest BCUT2D eigenvalue weighted by Gasteiger charge is -2.15. The van der Waals surface area contributed by atoms with E-state index in [1.165, 1.54) is 49.2 Å². The van der Waals surface area contributed by atoms with Gasteiger partial charge in [-0.15, -0.1) is 0 Å². The monoisotopic (exact) mass is 388 g/mol.